The van der Waals surface area contributed by atoms with Gasteiger partial charge in [-0.25, -0.2) is 9.97 Å². The lowest BCUT2D eigenvalue weighted by Gasteiger charge is -2.10. The third kappa shape index (κ3) is 5.52. The van der Waals surface area contributed by atoms with Gasteiger partial charge in [0.05, 0.1) is 7.11 Å². The molecule has 0 saturated carbocycles. The summed E-state index contributed by atoms with van der Waals surface area (Å²) in [6.45, 7) is 3.21. The third-order valence-corrected chi connectivity index (χ3v) is 3.87. The highest BCUT2D eigenvalue weighted by Crippen LogP contribution is 2.19. The van der Waals surface area contributed by atoms with Crippen molar-refractivity contribution in [3.8, 4) is 5.75 Å². The van der Waals surface area contributed by atoms with Crippen molar-refractivity contribution in [2.45, 2.75) is 13.8 Å². The van der Waals surface area contributed by atoms with Crippen molar-refractivity contribution in [2.75, 3.05) is 23.1 Å². The molecule has 3 rings (SSSR count). The predicted molar refractivity (Wildman–Crippen MR) is 112 cm³/mol. The van der Waals surface area contributed by atoms with Gasteiger partial charge in [0.2, 0.25) is 11.9 Å². The van der Waals surface area contributed by atoms with Crippen molar-refractivity contribution in [3.63, 3.8) is 0 Å². The second-order valence-corrected chi connectivity index (χ2v) is 6.29. The summed E-state index contributed by atoms with van der Waals surface area (Å²) in [5, 5.41) is 8.54. The smallest absolute Gasteiger partial charge is 0.274 e. The first-order valence-corrected chi connectivity index (χ1v) is 8.89. The number of amides is 2. The van der Waals surface area contributed by atoms with Gasteiger partial charge in [0.1, 0.15) is 11.4 Å². The highest BCUT2D eigenvalue weighted by molar-refractivity contribution is 6.03. The molecule has 1 aromatic heterocycles. The molecule has 0 unspecified atom stereocenters. The number of ether oxygens (including phenoxy) is 1. The average molecular weight is 391 g/mol. The monoisotopic (exact) mass is 391 g/mol. The molecular formula is C21H21N5O3. The summed E-state index contributed by atoms with van der Waals surface area (Å²) in [4.78, 5) is 32.5. The van der Waals surface area contributed by atoms with Crippen molar-refractivity contribution in [2.24, 2.45) is 0 Å². The van der Waals surface area contributed by atoms with E-state index in [1.165, 1.54) is 6.92 Å². The van der Waals surface area contributed by atoms with Crippen molar-refractivity contribution < 1.29 is 14.3 Å². The molecule has 0 aliphatic rings. The molecule has 2 aromatic carbocycles. The van der Waals surface area contributed by atoms with Crippen molar-refractivity contribution in [3.05, 3.63) is 66.0 Å². The van der Waals surface area contributed by atoms with Crippen LogP contribution in [0.2, 0.25) is 0 Å². The fraction of sp³-hybridized carbons (Fsp3) is 0.143. The van der Waals surface area contributed by atoms with E-state index in [0.29, 0.717) is 23.0 Å². The van der Waals surface area contributed by atoms with Crippen molar-refractivity contribution in [1.29, 1.82) is 0 Å². The molecule has 0 saturated heterocycles. The van der Waals surface area contributed by atoms with Crippen LogP contribution in [0.25, 0.3) is 0 Å². The van der Waals surface area contributed by atoms with Gasteiger partial charge in [-0.3, -0.25) is 9.59 Å². The summed E-state index contributed by atoms with van der Waals surface area (Å²) in [5.41, 5.74) is 2.77. The third-order valence-electron chi connectivity index (χ3n) is 3.87. The topological polar surface area (TPSA) is 105 Å². The zero-order valence-electron chi connectivity index (χ0n) is 16.3. The number of methoxy groups -OCH3 is 1. The summed E-state index contributed by atoms with van der Waals surface area (Å²) in [6.07, 6.45) is 0. The normalized spacial score (nSPS) is 10.2. The Kier molecular flexibility index (Phi) is 6.03. The maximum atomic E-state index is 12.7. The molecule has 29 heavy (non-hydrogen) atoms. The Hall–Kier alpha value is -3.94. The Labute approximate surface area is 168 Å². The Bertz CT molecular complexity index is 1030. The molecule has 1 heterocycles. The SMILES string of the molecule is COc1ccc(Nc2nc(C)cc(C(=O)Nc3cccc(NC(C)=O)c3)n2)cc1. The first-order chi connectivity index (χ1) is 13.9. The molecule has 3 N–H and O–H groups in total. The number of benzene rings is 2. The Morgan fingerprint density at radius 1 is 0.897 bits per heavy atom. The summed E-state index contributed by atoms with van der Waals surface area (Å²) >= 11 is 0. The molecule has 8 heteroatoms. The quantitative estimate of drug-likeness (QED) is 0.591. The molecule has 8 nitrogen and oxygen atoms in total. The molecule has 0 fully saturated rings. The molecule has 0 aliphatic carbocycles. The zero-order valence-corrected chi connectivity index (χ0v) is 16.3. The van der Waals surface area contributed by atoms with E-state index < -0.39 is 0 Å². The number of anilines is 4. The molecule has 0 aliphatic heterocycles. The van der Waals surface area contributed by atoms with Gasteiger partial charge < -0.3 is 20.7 Å². The molecular weight excluding hydrogens is 370 g/mol. The highest BCUT2D eigenvalue weighted by atomic mass is 16.5. The van der Waals surface area contributed by atoms with Gasteiger partial charge >= 0.3 is 0 Å². The number of hydrogen-bond acceptors (Lipinski definition) is 6. The van der Waals surface area contributed by atoms with E-state index in [-0.39, 0.29) is 17.5 Å². The zero-order chi connectivity index (χ0) is 20.8. The standard InChI is InChI=1S/C21H21N5O3/c1-13-11-19(20(28)24-17-6-4-5-16(12-17)23-14(2)27)26-21(22-13)25-15-7-9-18(29-3)10-8-15/h4-12H,1-3H3,(H,23,27)(H,24,28)(H,22,25,26). The van der Waals surface area contributed by atoms with E-state index in [4.69, 9.17) is 4.74 Å². The Morgan fingerprint density at radius 2 is 1.59 bits per heavy atom. The van der Waals surface area contributed by atoms with E-state index in [2.05, 4.69) is 25.9 Å². The van der Waals surface area contributed by atoms with E-state index in [0.717, 1.165) is 11.4 Å². The molecule has 3 aromatic rings. The number of nitrogens with zero attached hydrogens (tertiary/aromatic N) is 2. The maximum Gasteiger partial charge on any atom is 0.274 e. The van der Waals surface area contributed by atoms with Crippen LogP contribution in [0.5, 0.6) is 5.75 Å². The van der Waals surface area contributed by atoms with Crippen LogP contribution >= 0.6 is 0 Å². The molecule has 0 atom stereocenters. The predicted octanol–water partition coefficient (Wildman–Crippen LogP) is 3.75. The fourth-order valence-corrected chi connectivity index (χ4v) is 2.62. The molecule has 0 bridgehead atoms. The minimum Gasteiger partial charge on any atom is -0.497 e. The lowest BCUT2D eigenvalue weighted by Crippen LogP contribution is -2.16. The lowest BCUT2D eigenvalue weighted by atomic mass is 10.2. The van der Waals surface area contributed by atoms with Crippen molar-refractivity contribution in [1.82, 2.24) is 9.97 Å². The van der Waals surface area contributed by atoms with Crippen LogP contribution in [0.3, 0.4) is 0 Å². The maximum absolute atomic E-state index is 12.7. The van der Waals surface area contributed by atoms with E-state index in [1.807, 2.05) is 24.3 Å². The van der Waals surface area contributed by atoms with Gasteiger partial charge in [0.15, 0.2) is 0 Å². The van der Waals surface area contributed by atoms with Gasteiger partial charge in [-0.1, -0.05) is 6.07 Å². The summed E-state index contributed by atoms with van der Waals surface area (Å²) in [5.74, 6) is 0.483. The van der Waals surface area contributed by atoms with Crippen LogP contribution < -0.4 is 20.7 Å². The van der Waals surface area contributed by atoms with Gasteiger partial charge in [0.25, 0.3) is 5.91 Å². The summed E-state index contributed by atoms with van der Waals surface area (Å²) in [6, 6.07) is 15.8. The summed E-state index contributed by atoms with van der Waals surface area (Å²) in [7, 11) is 1.60. The Morgan fingerprint density at radius 3 is 2.24 bits per heavy atom. The Balaban J connectivity index is 1.76. The second-order valence-electron chi connectivity index (χ2n) is 6.29. The van der Waals surface area contributed by atoms with E-state index in [9.17, 15) is 9.59 Å². The number of aromatic nitrogens is 2. The average Bonchev–Trinajstić information content (AvgIpc) is 2.68. The minimum absolute atomic E-state index is 0.186. The van der Waals surface area contributed by atoms with Crippen LogP contribution in [-0.4, -0.2) is 28.9 Å². The van der Waals surface area contributed by atoms with Crippen LogP contribution in [-0.2, 0) is 4.79 Å². The van der Waals surface area contributed by atoms with Gasteiger partial charge in [-0.15, -0.1) is 0 Å². The number of aryl methyl sites for hydroxylation is 1. The molecule has 0 radical (unpaired) electrons. The number of nitrogens with one attached hydrogen (secondary N) is 3. The lowest BCUT2D eigenvalue weighted by molar-refractivity contribution is -0.114. The fourth-order valence-electron chi connectivity index (χ4n) is 2.62. The van der Waals surface area contributed by atoms with Gasteiger partial charge in [0, 0.05) is 29.7 Å². The number of hydrogen-bond donors (Lipinski definition) is 3. The first-order valence-electron chi connectivity index (χ1n) is 8.89. The van der Waals surface area contributed by atoms with Crippen LogP contribution in [0.15, 0.2) is 54.6 Å². The molecule has 0 spiro atoms. The van der Waals surface area contributed by atoms with E-state index in [1.54, 1.807) is 44.4 Å². The van der Waals surface area contributed by atoms with Crippen molar-refractivity contribution >= 4 is 34.8 Å². The number of carbonyl (C=O) groups is 2. The van der Waals surface area contributed by atoms with Gasteiger partial charge in [-0.2, -0.15) is 0 Å². The molecule has 148 valence electrons. The van der Waals surface area contributed by atoms with E-state index >= 15 is 0 Å². The largest absolute Gasteiger partial charge is 0.497 e. The number of rotatable bonds is 6. The number of carbonyl (C=O) groups excluding carboxylic acids is 2. The van der Waals surface area contributed by atoms with Gasteiger partial charge in [-0.05, 0) is 55.5 Å². The summed E-state index contributed by atoms with van der Waals surface area (Å²) < 4.78 is 5.14. The second kappa shape index (κ2) is 8.83. The first kappa shape index (κ1) is 19.8. The molecule has 2 amide bonds. The van der Waals surface area contributed by atoms with Crippen LogP contribution in [0, 0.1) is 6.92 Å². The van der Waals surface area contributed by atoms with Crippen LogP contribution in [0.1, 0.15) is 23.1 Å². The highest BCUT2D eigenvalue weighted by Gasteiger charge is 2.12. The van der Waals surface area contributed by atoms with Crippen LogP contribution in [0.4, 0.5) is 23.0 Å². The minimum atomic E-state index is -0.381.